The van der Waals surface area contributed by atoms with Crippen LogP contribution in [0.15, 0.2) is 24.3 Å². The number of benzene rings is 1. The van der Waals surface area contributed by atoms with Gasteiger partial charge in [-0.15, -0.1) is 0 Å². The van der Waals surface area contributed by atoms with Crippen molar-refractivity contribution in [2.45, 2.75) is 0 Å². The van der Waals surface area contributed by atoms with Gasteiger partial charge in [-0.1, -0.05) is 0 Å². The number of amides is 1. The van der Waals surface area contributed by atoms with E-state index in [1.165, 1.54) is 0 Å². The van der Waals surface area contributed by atoms with Crippen LogP contribution in [0.25, 0.3) is 0 Å². The monoisotopic (exact) mass is 255 g/mol. The number of hydrogen-bond donors (Lipinski definition) is 2. The molecule has 0 bridgehead atoms. The van der Waals surface area contributed by atoms with E-state index in [-0.39, 0.29) is 5.56 Å². The standard InChI is InChI=1S/C11H10FNO5/c12-8-3-1-7(2-4-8)11(18)13(5-9(14)15)6-10(16)17/h1-4H,5-6H2,(H,14,15)(H,16,17). The van der Waals surface area contributed by atoms with E-state index in [0.717, 1.165) is 24.3 Å². The Labute approximate surface area is 101 Å². The largest absolute Gasteiger partial charge is 0.480 e. The third-order valence-electron chi connectivity index (χ3n) is 2.03. The van der Waals surface area contributed by atoms with E-state index in [1.54, 1.807) is 0 Å². The molecule has 0 radical (unpaired) electrons. The fraction of sp³-hybridized carbons (Fsp3) is 0.182. The van der Waals surface area contributed by atoms with Gasteiger partial charge in [0.2, 0.25) is 0 Å². The first-order valence-corrected chi connectivity index (χ1v) is 4.88. The molecule has 1 aromatic carbocycles. The topological polar surface area (TPSA) is 94.9 Å². The zero-order chi connectivity index (χ0) is 13.7. The first-order valence-electron chi connectivity index (χ1n) is 4.88. The molecule has 18 heavy (non-hydrogen) atoms. The highest BCUT2D eigenvalue weighted by Crippen LogP contribution is 2.06. The van der Waals surface area contributed by atoms with Gasteiger partial charge in [-0.2, -0.15) is 0 Å². The van der Waals surface area contributed by atoms with E-state index in [2.05, 4.69) is 0 Å². The van der Waals surface area contributed by atoms with Crippen LogP contribution in [0, 0.1) is 5.82 Å². The first-order chi connectivity index (χ1) is 8.40. The Morgan fingerprint density at radius 1 is 1.00 bits per heavy atom. The minimum Gasteiger partial charge on any atom is -0.480 e. The predicted molar refractivity (Wildman–Crippen MR) is 57.6 cm³/mol. The van der Waals surface area contributed by atoms with Crippen molar-refractivity contribution in [3.05, 3.63) is 35.6 Å². The maximum Gasteiger partial charge on any atom is 0.323 e. The number of carbonyl (C=O) groups excluding carboxylic acids is 1. The van der Waals surface area contributed by atoms with Gasteiger partial charge in [0.05, 0.1) is 0 Å². The Kier molecular flexibility index (Phi) is 4.36. The minimum atomic E-state index is -1.33. The zero-order valence-corrected chi connectivity index (χ0v) is 9.17. The Morgan fingerprint density at radius 3 is 1.83 bits per heavy atom. The number of aliphatic carboxylic acids is 2. The van der Waals surface area contributed by atoms with Crippen LogP contribution in [-0.4, -0.2) is 46.0 Å². The molecule has 0 atom stereocenters. The molecule has 96 valence electrons. The van der Waals surface area contributed by atoms with Crippen molar-refractivity contribution in [3.8, 4) is 0 Å². The molecule has 0 heterocycles. The van der Waals surface area contributed by atoms with Gasteiger partial charge in [-0.3, -0.25) is 14.4 Å². The summed E-state index contributed by atoms with van der Waals surface area (Å²) in [7, 11) is 0. The second-order valence-corrected chi connectivity index (χ2v) is 3.46. The summed E-state index contributed by atoms with van der Waals surface area (Å²) in [5.74, 6) is -3.98. The highest BCUT2D eigenvalue weighted by atomic mass is 19.1. The van der Waals surface area contributed by atoms with Crippen molar-refractivity contribution in [1.82, 2.24) is 4.90 Å². The van der Waals surface area contributed by atoms with E-state index in [1.807, 2.05) is 0 Å². The minimum absolute atomic E-state index is 0.0268. The fourth-order valence-electron chi connectivity index (χ4n) is 1.30. The van der Waals surface area contributed by atoms with Crippen LogP contribution in [0.1, 0.15) is 10.4 Å². The summed E-state index contributed by atoms with van der Waals surface area (Å²) in [5, 5.41) is 17.2. The summed E-state index contributed by atoms with van der Waals surface area (Å²) >= 11 is 0. The number of nitrogens with zero attached hydrogens (tertiary/aromatic N) is 1. The van der Waals surface area contributed by atoms with Gasteiger partial charge < -0.3 is 15.1 Å². The van der Waals surface area contributed by atoms with Crippen LogP contribution in [0.5, 0.6) is 0 Å². The summed E-state index contributed by atoms with van der Waals surface area (Å²) in [5.41, 5.74) is 0.0268. The molecule has 0 aliphatic carbocycles. The molecule has 7 heteroatoms. The Morgan fingerprint density at radius 2 is 1.44 bits per heavy atom. The Hall–Kier alpha value is -2.44. The van der Waals surface area contributed by atoms with Gasteiger partial charge in [-0.25, -0.2) is 4.39 Å². The van der Waals surface area contributed by atoms with E-state index in [0.29, 0.717) is 4.90 Å². The highest BCUT2D eigenvalue weighted by Gasteiger charge is 2.20. The van der Waals surface area contributed by atoms with Crippen molar-refractivity contribution >= 4 is 17.8 Å². The molecule has 1 amide bonds. The Bertz CT molecular complexity index is 455. The number of hydrogen-bond acceptors (Lipinski definition) is 3. The molecular weight excluding hydrogens is 245 g/mol. The molecule has 6 nitrogen and oxygen atoms in total. The second-order valence-electron chi connectivity index (χ2n) is 3.46. The van der Waals surface area contributed by atoms with Crippen LogP contribution in [0.3, 0.4) is 0 Å². The molecule has 0 fully saturated rings. The summed E-state index contributed by atoms with van der Waals surface area (Å²) in [6.45, 7) is -1.47. The lowest BCUT2D eigenvalue weighted by Gasteiger charge is -2.18. The maximum atomic E-state index is 12.7. The smallest absolute Gasteiger partial charge is 0.323 e. The van der Waals surface area contributed by atoms with Crippen LogP contribution in [-0.2, 0) is 9.59 Å². The zero-order valence-electron chi connectivity index (χ0n) is 9.17. The molecule has 0 aliphatic rings. The average molecular weight is 255 g/mol. The van der Waals surface area contributed by atoms with E-state index in [4.69, 9.17) is 10.2 Å². The summed E-state index contributed by atoms with van der Waals surface area (Å²) in [4.78, 5) is 33.5. The van der Waals surface area contributed by atoms with E-state index in [9.17, 15) is 18.8 Å². The molecule has 0 saturated heterocycles. The third kappa shape index (κ3) is 3.85. The highest BCUT2D eigenvalue weighted by molar-refractivity contribution is 5.97. The van der Waals surface area contributed by atoms with Crippen LogP contribution in [0.2, 0.25) is 0 Å². The van der Waals surface area contributed by atoms with Crippen LogP contribution >= 0.6 is 0 Å². The van der Waals surface area contributed by atoms with Gasteiger partial charge in [0.1, 0.15) is 18.9 Å². The van der Waals surface area contributed by atoms with Gasteiger partial charge in [0.25, 0.3) is 5.91 Å². The number of carbonyl (C=O) groups is 3. The molecule has 1 aromatic rings. The first kappa shape index (κ1) is 13.6. The molecule has 2 N–H and O–H groups in total. The van der Waals surface area contributed by atoms with E-state index >= 15 is 0 Å². The SMILES string of the molecule is O=C(O)CN(CC(=O)O)C(=O)c1ccc(F)cc1. The predicted octanol–water partition coefficient (Wildman–Crippen LogP) is 0.437. The molecule has 0 unspecified atom stereocenters. The van der Waals surface area contributed by atoms with Gasteiger partial charge in [0, 0.05) is 5.56 Å². The lowest BCUT2D eigenvalue weighted by atomic mass is 10.2. The van der Waals surface area contributed by atoms with Crippen molar-refractivity contribution < 1.29 is 29.0 Å². The van der Waals surface area contributed by atoms with Gasteiger partial charge in [0.15, 0.2) is 0 Å². The quantitative estimate of drug-likeness (QED) is 0.795. The van der Waals surface area contributed by atoms with E-state index < -0.39 is 36.8 Å². The van der Waals surface area contributed by atoms with Gasteiger partial charge in [-0.05, 0) is 24.3 Å². The number of halogens is 1. The summed E-state index contributed by atoms with van der Waals surface area (Å²) < 4.78 is 12.7. The molecule has 1 rings (SSSR count). The average Bonchev–Trinajstić information content (AvgIpc) is 2.27. The lowest BCUT2D eigenvalue weighted by molar-refractivity contribution is -0.140. The van der Waals surface area contributed by atoms with Crippen molar-refractivity contribution in [1.29, 1.82) is 0 Å². The molecule has 0 spiro atoms. The molecular formula is C11H10FNO5. The molecule has 0 aromatic heterocycles. The maximum absolute atomic E-state index is 12.7. The molecule has 0 saturated carbocycles. The number of rotatable bonds is 5. The fourth-order valence-corrected chi connectivity index (χ4v) is 1.30. The van der Waals surface area contributed by atoms with Crippen molar-refractivity contribution in [2.75, 3.05) is 13.1 Å². The Balaban J connectivity index is 2.90. The summed E-state index contributed by atoms with van der Waals surface area (Å²) in [6, 6.07) is 4.39. The lowest BCUT2D eigenvalue weighted by Crippen LogP contribution is -2.39. The number of carboxylic acids is 2. The number of carboxylic acid groups (broad SMARTS) is 2. The molecule has 0 aliphatic heterocycles. The van der Waals surface area contributed by atoms with Crippen molar-refractivity contribution in [3.63, 3.8) is 0 Å². The normalized spacial score (nSPS) is 9.83. The van der Waals surface area contributed by atoms with Crippen LogP contribution < -0.4 is 0 Å². The third-order valence-corrected chi connectivity index (χ3v) is 2.03. The van der Waals surface area contributed by atoms with Crippen LogP contribution in [0.4, 0.5) is 4.39 Å². The summed E-state index contributed by atoms with van der Waals surface area (Å²) in [6.07, 6.45) is 0. The second kappa shape index (κ2) is 5.76. The van der Waals surface area contributed by atoms with Gasteiger partial charge >= 0.3 is 11.9 Å². The van der Waals surface area contributed by atoms with Crippen molar-refractivity contribution in [2.24, 2.45) is 0 Å².